The van der Waals surface area contributed by atoms with Crippen molar-refractivity contribution in [3.63, 3.8) is 0 Å². The molecule has 0 fully saturated rings. The molecule has 25 heavy (non-hydrogen) atoms. The highest BCUT2D eigenvalue weighted by Crippen LogP contribution is 2.36. The zero-order valence-electron chi connectivity index (χ0n) is 12.8. The average Bonchev–Trinajstić information content (AvgIpc) is 2.52. The van der Waals surface area contributed by atoms with Crippen molar-refractivity contribution < 1.29 is 13.2 Å². The van der Waals surface area contributed by atoms with Crippen LogP contribution in [0.4, 0.5) is 0 Å². The Morgan fingerprint density at radius 1 is 1.00 bits per heavy atom. The lowest BCUT2D eigenvalue weighted by Gasteiger charge is -2.25. The van der Waals surface area contributed by atoms with Gasteiger partial charge in [0.15, 0.2) is 5.37 Å². The van der Waals surface area contributed by atoms with Crippen molar-refractivity contribution in [3.8, 4) is 0 Å². The molecule has 2 rings (SSSR count). The normalized spacial score (nSPS) is 13.3. The molecule has 1 N–H and O–H groups in total. The summed E-state index contributed by atoms with van der Waals surface area (Å²) in [7, 11) is -4.14. The molecular weight excluding hydrogens is 428 g/mol. The Hall–Kier alpha value is -0.980. The lowest BCUT2D eigenvalue weighted by molar-refractivity contribution is 0.0948. The summed E-state index contributed by atoms with van der Waals surface area (Å²) in [6, 6.07) is 11.9. The Kier molecular flexibility index (Phi) is 6.28. The van der Waals surface area contributed by atoms with Crippen molar-refractivity contribution in [1.82, 2.24) is 5.32 Å². The van der Waals surface area contributed by atoms with Crippen LogP contribution in [0.15, 0.2) is 53.4 Å². The third-order valence-corrected chi connectivity index (χ3v) is 6.64. The molecule has 2 aromatic rings. The van der Waals surface area contributed by atoms with Crippen molar-refractivity contribution in [2.75, 3.05) is 0 Å². The summed E-state index contributed by atoms with van der Waals surface area (Å²) in [5.41, 5.74) is 1.05. The van der Waals surface area contributed by atoms with Gasteiger partial charge in [0.2, 0.25) is 13.6 Å². The predicted octanol–water partition coefficient (Wildman–Crippen LogP) is 4.55. The van der Waals surface area contributed by atoms with E-state index in [0.29, 0.717) is 5.02 Å². The summed E-state index contributed by atoms with van der Waals surface area (Å²) in [6.07, 6.45) is 0. The Bertz CT molecular complexity index is 860. The number of alkyl halides is 3. The van der Waals surface area contributed by atoms with E-state index in [2.05, 4.69) is 5.32 Å². The minimum absolute atomic E-state index is 0.0640. The minimum Gasteiger partial charge on any atom is -0.332 e. The van der Waals surface area contributed by atoms with Gasteiger partial charge in [0, 0.05) is 10.6 Å². The maximum absolute atomic E-state index is 12.8. The van der Waals surface area contributed by atoms with Gasteiger partial charge in [0.1, 0.15) is 0 Å². The van der Waals surface area contributed by atoms with Crippen LogP contribution in [0.2, 0.25) is 5.02 Å². The molecule has 0 bridgehead atoms. The topological polar surface area (TPSA) is 63.2 Å². The number of sulfone groups is 1. The van der Waals surface area contributed by atoms with Gasteiger partial charge in [0.25, 0.3) is 5.91 Å². The number of carbonyl (C=O) groups is 1. The van der Waals surface area contributed by atoms with E-state index in [0.717, 1.165) is 5.56 Å². The molecule has 0 saturated heterocycles. The van der Waals surface area contributed by atoms with Crippen molar-refractivity contribution in [1.29, 1.82) is 0 Å². The second-order valence-corrected chi connectivity index (χ2v) is 10.1. The maximum atomic E-state index is 12.8. The third kappa shape index (κ3) is 5.02. The van der Waals surface area contributed by atoms with E-state index in [1.54, 1.807) is 12.1 Å². The molecule has 0 aliphatic heterocycles. The molecular formula is C16H13Cl4NO3S. The van der Waals surface area contributed by atoms with E-state index >= 15 is 0 Å². The first-order chi connectivity index (χ1) is 11.5. The Labute approximate surface area is 165 Å². The van der Waals surface area contributed by atoms with Crippen LogP contribution in [0, 0.1) is 6.92 Å². The maximum Gasteiger partial charge on any atom is 0.252 e. The molecule has 9 heteroatoms. The highest BCUT2D eigenvalue weighted by Gasteiger charge is 2.44. The molecule has 1 amide bonds. The van der Waals surface area contributed by atoms with Crippen LogP contribution in [0.3, 0.4) is 0 Å². The zero-order valence-corrected chi connectivity index (χ0v) is 16.7. The quantitative estimate of drug-likeness (QED) is 0.709. The Morgan fingerprint density at radius 3 is 2.00 bits per heavy atom. The number of nitrogens with one attached hydrogen (secondary N) is 1. The highest BCUT2D eigenvalue weighted by atomic mass is 35.6. The number of hydrogen-bond donors (Lipinski definition) is 1. The van der Waals surface area contributed by atoms with Crippen LogP contribution in [0.1, 0.15) is 15.9 Å². The van der Waals surface area contributed by atoms with Gasteiger partial charge in [-0.3, -0.25) is 4.79 Å². The van der Waals surface area contributed by atoms with Gasteiger partial charge in [0.05, 0.1) is 4.90 Å². The second kappa shape index (κ2) is 7.72. The summed E-state index contributed by atoms with van der Waals surface area (Å²) in [5.74, 6) is -0.705. The molecule has 2 aromatic carbocycles. The van der Waals surface area contributed by atoms with Crippen molar-refractivity contribution in [2.24, 2.45) is 0 Å². The Balaban J connectivity index is 2.38. The predicted molar refractivity (Wildman–Crippen MR) is 101 cm³/mol. The molecule has 0 spiro atoms. The smallest absolute Gasteiger partial charge is 0.252 e. The fourth-order valence-corrected chi connectivity index (χ4v) is 4.75. The van der Waals surface area contributed by atoms with Gasteiger partial charge in [-0.25, -0.2) is 8.42 Å². The van der Waals surface area contributed by atoms with Gasteiger partial charge in [-0.2, -0.15) is 0 Å². The lowest BCUT2D eigenvalue weighted by atomic mass is 10.2. The van der Waals surface area contributed by atoms with E-state index in [1.807, 2.05) is 6.92 Å². The summed E-state index contributed by atoms with van der Waals surface area (Å²) in [6.45, 7) is 1.81. The molecule has 0 heterocycles. The van der Waals surface area contributed by atoms with Gasteiger partial charge < -0.3 is 5.32 Å². The zero-order chi connectivity index (χ0) is 18.8. The lowest BCUT2D eigenvalue weighted by Crippen LogP contribution is -2.49. The molecule has 0 aliphatic carbocycles. The highest BCUT2D eigenvalue weighted by molar-refractivity contribution is 7.92. The van der Waals surface area contributed by atoms with E-state index in [9.17, 15) is 13.2 Å². The van der Waals surface area contributed by atoms with E-state index in [4.69, 9.17) is 46.4 Å². The molecule has 4 nitrogen and oxygen atoms in total. The fraction of sp³-hybridized carbons (Fsp3) is 0.188. The van der Waals surface area contributed by atoms with Crippen LogP contribution in [0.5, 0.6) is 0 Å². The van der Waals surface area contributed by atoms with Crippen LogP contribution >= 0.6 is 46.4 Å². The van der Waals surface area contributed by atoms with Gasteiger partial charge in [-0.1, -0.05) is 64.1 Å². The average molecular weight is 441 g/mol. The SMILES string of the molecule is Cc1ccc(S(=O)(=O)[C@H](NC(=O)c2ccc(Cl)cc2)C(Cl)(Cl)Cl)cc1. The summed E-state index contributed by atoms with van der Waals surface area (Å²) in [4.78, 5) is 12.3. The number of aryl methyl sites for hydroxylation is 1. The van der Waals surface area contributed by atoms with Crippen LogP contribution < -0.4 is 5.32 Å². The van der Waals surface area contributed by atoms with E-state index < -0.39 is 24.9 Å². The second-order valence-electron chi connectivity index (χ2n) is 5.26. The van der Waals surface area contributed by atoms with Crippen molar-refractivity contribution >= 4 is 62.1 Å². The number of halogens is 4. The van der Waals surface area contributed by atoms with Crippen LogP contribution in [-0.4, -0.2) is 23.5 Å². The first-order valence-corrected chi connectivity index (χ1v) is 10.0. The standard InChI is InChI=1S/C16H13Cl4NO3S/c1-10-2-8-13(9-3-10)25(23,24)15(16(18,19)20)21-14(22)11-4-6-12(17)7-5-11/h2-9,15H,1H3,(H,21,22)/t15-/m0/s1. The van der Waals surface area contributed by atoms with Crippen LogP contribution in [-0.2, 0) is 9.84 Å². The van der Waals surface area contributed by atoms with Gasteiger partial charge >= 0.3 is 0 Å². The number of benzene rings is 2. The van der Waals surface area contributed by atoms with Crippen molar-refractivity contribution in [2.45, 2.75) is 21.0 Å². The first kappa shape index (κ1) is 20.3. The molecule has 134 valence electrons. The van der Waals surface area contributed by atoms with Crippen LogP contribution in [0.25, 0.3) is 0 Å². The summed E-state index contributed by atoms with van der Waals surface area (Å²) >= 11 is 23.3. The number of amides is 1. The molecule has 0 aliphatic rings. The number of carbonyl (C=O) groups excluding carboxylic acids is 1. The monoisotopic (exact) mass is 439 g/mol. The van der Waals surface area contributed by atoms with Gasteiger partial charge in [-0.05, 0) is 43.3 Å². The summed E-state index contributed by atoms with van der Waals surface area (Å²) < 4.78 is 23.4. The fourth-order valence-electron chi connectivity index (χ4n) is 2.00. The summed E-state index contributed by atoms with van der Waals surface area (Å²) in [5, 5.41) is 0.945. The molecule has 0 unspecified atom stereocenters. The molecule has 0 aromatic heterocycles. The molecule has 1 atom stereocenters. The minimum atomic E-state index is -4.14. The molecule has 0 saturated carbocycles. The van der Waals surface area contributed by atoms with E-state index in [1.165, 1.54) is 36.4 Å². The van der Waals surface area contributed by atoms with Crippen molar-refractivity contribution in [3.05, 3.63) is 64.7 Å². The van der Waals surface area contributed by atoms with E-state index in [-0.39, 0.29) is 10.5 Å². The Morgan fingerprint density at radius 2 is 1.52 bits per heavy atom. The number of rotatable bonds is 4. The number of hydrogen-bond acceptors (Lipinski definition) is 3. The largest absolute Gasteiger partial charge is 0.332 e. The first-order valence-electron chi connectivity index (χ1n) is 6.95. The van der Waals surface area contributed by atoms with Gasteiger partial charge in [-0.15, -0.1) is 0 Å². The molecule has 0 radical (unpaired) electrons. The third-order valence-electron chi connectivity index (χ3n) is 3.33.